The van der Waals surface area contributed by atoms with Gasteiger partial charge in [-0.3, -0.25) is 9.59 Å². The van der Waals surface area contributed by atoms with Crippen molar-refractivity contribution in [3.63, 3.8) is 0 Å². The number of hydrogen-bond donors (Lipinski definition) is 1. The monoisotopic (exact) mass is 308 g/mol. The fourth-order valence-electron chi connectivity index (χ4n) is 2.73. The minimum absolute atomic E-state index is 0.0436. The largest absolute Gasteiger partial charge is 0.341 e. The Kier molecular flexibility index (Phi) is 4.42. The Bertz CT molecular complexity index is 685. The van der Waals surface area contributed by atoms with E-state index >= 15 is 0 Å². The lowest BCUT2D eigenvalue weighted by molar-refractivity contribution is -0.133. The third-order valence-corrected chi connectivity index (χ3v) is 4.12. The minimum Gasteiger partial charge on any atom is -0.341 e. The summed E-state index contributed by atoms with van der Waals surface area (Å²) in [5, 5.41) is 2.87. The van der Waals surface area contributed by atoms with Gasteiger partial charge in [0.1, 0.15) is 0 Å². The molecule has 1 aliphatic rings. The summed E-state index contributed by atoms with van der Waals surface area (Å²) in [6.07, 6.45) is 0.636. The van der Waals surface area contributed by atoms with Crippen LogP contribution in [0.25, 0.3) is 0 Å². The molecular weight excluding hydrogens is 288 g/mol. The van der Waals surface area contributed by atoms with Crippen LogP contribution >= 0.6 is 0 Å². The number of carbonyl (C=O) groups excluding carboxylic acids is 2. The van der Waals surface area contributed by atoms with Gasteiger partial charge in [-0.05, 0) is 24.1 Å². The van der Waals surface area contributed by atoms with Crippen molar-refractivity contribution in [1.29, 1.82) is 0 Å². The van der Waals surface area contributed by atoms with E-state index in [9.17, 15) is 9.59 Å². The van der Waals surface area contributed by atoms with Gasteiger partial charge in [-0.1, -0.05) is 48.5 Å². The fraction of sp³-hybridized carbons (Fsp3) is 0.263. The van der Waals surface area contributed by atoms with Gasteiger partial charge >= 0.3 is 0 Å². The summed E-state index contributed by atoms with van der Waals surface area (Å²) in [6, 6.07) is 19.2. The highest BCUT2D eigenvalue weighted by Crippen LogP contribution is 2.40. The zero-order valence-electron chi connectivity index (χ0n) is 13.1. The highest BCUT2D eigenvalue weighted by atomic mass is 16.2. The van der Waals surface area contributed by atoms with Gasteiger partial charge in [0.2, 0.25) is 11.8 Å². The van der Waals surface area contributed by atoms with Crippen molar-refractivity contribution in [2.75, 3.05) is 12.4 Å². The van der Waals surface area contributed by atoms with E-state index in [1.54, 1.807) is 11.9 Å². The Morgan fingerprint density at radius 1 is 1.00 bits per heavy atom. The molecule has 1 fully saturated rings. The molecule has 0 bridgehead atoms. The second-order valence-corrected chi connectivity index (χ2v) is 5.98. The highest BCUT2D eigenvalue weighted by molar-refractivity contribution is 5.99. The van der Waals surface area contributed by atoms with E-state index < -0.39 is 0 Å². The molecule has 0 saturated heterocycles. The first-order valence-electron chi connectivity index (χ1n) is 7.80. The summed E-state index contributed by atoms with van der Waals surface area (Å²) in [6.45, 7) is 0.573. The van der Waals surface area contributed by atoms with Crippen LogP contribution < -0.4 is 5.32 Å². The van der Waals surface area contributed by atoms with Crippen LogP contribution in [0.5, 0.6) is 0 Å². The quantitative estimate of drug-likeness (QED) is 0.923. The topological polar surface area (TPSA) is 49.4 Å². The normalized spacial score (nSPS) is 19.0. The number of para-hydroxylation sites is 1. The Morgan fingerprint density at radius 2 is 1.61 bits per heavy atom. The van der Waals surface area contributed by atoms with Crippen LogP contribution in [-0.2, 0) is 16.1 Å². The molecule has 2 amide bonds. The number of hydrogen-bond acceptors (Lipinski definition) is 2. The first-order chi connectivity index (χ1) is 11.1. The first-order valence-corrected chi connectivity index (χ1v) is 7.80. The predicted molar refractivity (Wildman–Crippen MR) is 89.6 cm³/mol. The van der Waals surface area contributed by atoms with Crippen LogP contribution in [0.4, 0.5) is 5.69 Å². The number of benzene rings is 2. The van der Waals surface area contributed by atoms with Crippen molar-refractivity contribution in [3.05, 3.63) is 66.2 Å². The molecule has 3 rings (SSSR count). The van der Waals surface area contributed by atoms with E-state index in [1.807, 2.05) is 60.7 Å². The average Bonchev–Trinajstić information content (AvgIpc) is 3.37. The molecule has 1 aliphatic carbocycles. The lowest BCUT2D eigenvalue weighted by atomic mass is 10.2. The summed E-state index contributed by atoms with van der Waals surface area (Å²) in [4.78, 5) is 26.3. The van der Waals surface area contributed by atoms with E-state index in [0.717, 1.165) is 11.3 Å². The Hall–Kier alpha value is -2.62. The number of amides is 2. The van der Waals surface area contributed by atoms with Gasteiger partial charge in [0.05, 0.1) is 11.8 Å². The summed E-state index contributed by atoms with van der Waals surface area (Å²) in [5.74, 6) is -0.418. The first kappa shape index (κ1) is 15.3. The predicted octanol–water partition coefficient (Wildman–Crippen LogP) is 2.92. The molecule has 1 N–H and O–H groups in total. The van der Waals surface area contributed by atoms with Crippen LogP contribution in [-0.4, -0.2) is 23.8 Å². The van der Waals surface area contributed by atoms with Gasteiger partial charge in [0.15, 0.2) is 0 Å². The zero-order valence-corrected chi connectivity index (χ0v) is 13.1. The van der Waals surface area contributed by atoms with Crippen LogP contribution in [0.3, 0.4) is 0 Å². The van der Waals surface area contributed by atoms with E-state index in [2.05, 4.69) is 5.32 Å². The fourth-order valence-corrected chi connectivity index (χ4v) is 2.73. The number of rotatable bonds is 5. The van der Waals surface area contributed by atoms with Crippen molar-refractivity contribution < 1.29 is 9.59 Å². The summed E-state index contributed by atoms with van der Waals surface area (Å²) >= 11 is 0. The Morgan fingerprint density at radius 3 is 2.26 bits per heavy atom. The molecular formula is C19H20N2O2. The second kappa shape index (κ2) is 6.65. The highest BCUT2D eigenvalue weighted by Gasteiger charge is 2.49. The molecule has 1 saturated carbocycles. The van der Waals surface area contributed by atoms with Gasteiger partial charge < -0.3 is 10.2 Å². The molecule has 0 spiro atoms. The van der Waals surface area contributed by atoms with Crippen molar-refractivity contribution in [3.8, 4) is 0 Å². The SMILES string of the molecule is CN(Cc1ccccc1)C(=O)C1CC1C(=O)Nc1ccccc1. The number of nitrogens with zero attached hydrogens (tertiary/aromatic N) is 1. The van der Waals surface area contributed by atoms with Crippen LogP contribution in [0.1, 0.15) is 12.0 Å². The molecule has 2 unspecified atom stereocenters. The summed E-state index contributed by atoms with van der Waals surface area (Å²) < 4.78 is 0. The average molecular weight is 308 g/mol. The number of carbonyl (C=O) groups is 2. The zero-order chi connectivity index (χ0) is 16.2. The van der Waals surface area contributed by atoms with Gasteiger partial charge in [-0.2, -0.15) is 0 Å². The van der Waals surface area contributed by atoms with E-state index in [4.69, 9.17) is 0 Å². The molecule has 0 radical (unpaired) electrons. The number of nitrogens with one attached hydrogen (secondary N) is 1. The van der Waals surface area contributed by atoms with E-state index in [-0.39, 0.29) is 23.7 Å². The number of anilines is 1. The second-order valence-electron chi connectivity index (χ2n) is 5.98. The maximum atomic E-state index is 12.4. The molecule has 118 valence electrons. The van der Waals surface area contributed by atoms with Gasteiger partial charge in [-0.15, -0.1) is 0 Å². The molecule has 0 aliphatic heterocycles. The van der Waals surface area contributed by atoms with Crippen LogP contribution in [0.15, 0.2) is 60.7 Å². The maximum absolute atomic E-state index is 12.4. The molecule has 0 heterocycles. The standard InChI is InChI=1S/C19H20N2O2/c1-21(13-14-8-4-2-5-9-14)19(23)17-12-16(17)18(22)20-15-10-6-3-7-11-15/h2-11,16-17H,12-13H2,1H3,(H,20,22). The molecule has 23 heavy (non-hydrogen) atoms. The maximum Gasteiger partial charge on any atom is 0.228 e. The van der Waals surface area contributed by atoms with Crippen molar-refractivity contribution in [2.24, 2.45) is 11.8 Å². The summed E-state index contributed by atoms with van der Waals surface area (Å²) in [5.41, 5.74) is 1.86. The smallest absolute Gasteiger partial charge is 0.228 e. The van der Waals surface area contributed by atoms with Gasteiger partial charge in [0, 0.05) is 19.3 Å². The molecule has 2 aromatic carbocycles. The molecule has 2 aromatic rings. The third kappa shape index (κ3) is 3.77. The van der Waals surface area contributed by atoms with E-state index in [1.165, 1.54) is 0 Å². The van der Waals surface area contributed by atoms with Gasteiger partial charge in [0.25, 0.3) is 0 Å². The molecule has 4 nitrogen and oxygen atoms in total. The van der Waals surface area contributed by atoms with Crippen molar-refractivity contribution >= 4 is 17.5 Å². The Balaban J connectivity index is 1.53. The lowest BCUT2D eigenvalue weighted by Gasteiger charge is -2.17. The lowest BCUT2D eigenvalue weighted by Crippen LogP contribution is -2.29. The summed E-state index contributed by atoms with van der Waals surface area (Å²) in [7, 11) is 1.79. The minimum atomic E-state index is -0.207. The molecule has 2 atom stereocenters. The van der Waals surface area contributed by atoms with Crippen LogP contribution in [0, 0.1) is 11.8 Å². The van der Waals surface area contributed by atoms with Crippen LogP contribution in [0.2, 0.25) is 0 Å². The third-order valence-electron chi connectivity index (χ3n) is 4.12. The van der Waals surface area contributed by atoms with Crippen molar-refractivity contribution in [1.82, 2.24) is 4.90 Å². The van der Waals surface area contributed by atoms with Crippen molar-refractivity contribution in [2.45, 2.75) is 13.0 Å². The Labute approximate surface area is 136 Å². The van der Waals surface area contributed by atoms with E-state index in [0.29, 0.717) is 13.0 Å². The molecule has 4 heteroatoms. The van der Waals surface area contributed by atoms with Gasteiger partial charge in [-0.25, -0.2) is 0 Å². The molecule has 0 aromatic heterocycles.